The quantitative estimate of drug-likeness (QED) is 0.818. The number of rotatable bonds is 1. The van der Waals surface area contributed by atoms with E-state index in [9.17, 15) is 9.90 Å². The van der Waals surface area contributed by atoms with Crippen LogP contribution in [0.2, 0.25) is 0 Å². The first kappa shape index (κ1) is 13.9. The van der Waals surface area contributed by atoms with E-state index in [0.717, 1.165) is 12.0 Å². The van der Waals surface area contributed by atoms with Gasteiger partial charge in [-0.15, -0.1) is 0 Å². The molecule has 4 nitrogen and oxygen atoms in total. The Balaban J connectivity index is 2.13. The Hall–Kier alpha value is -1.55. The molecule has 0 fully saturated rings. The Morgan fingerprint density at radius 3 is 2.74 bits per heavy atom. The van der Waals surface area contributed by atoms with Gasteiger partial charge < -0.3 is 15.2 Å². The molecule has 2 atom stereocenters. The van der Waals surface area contributed by atoms with Gasteiger partial charge in [0.1, 0.15) is 5.60 Å². The van der Waals surface area contributed by atoms with Crippen molar-refractivity contribution in [2.75, 3.05) is 0 Å². The molecule has 1 aromatic carbocycles. The molecule has 19 heavy (non-hydrogen) atoms. The molecule has 1 aliphatic rings. The number of carbonyl (C=O) groups excluding carboxylic acids is 1. The van der Waals surface area contributed by atoms with Crippen molar-refractivity contribution < 1.29 is 14.6 Å². The maximum Gasteiger partial charge on any atom is 0.408 e. The van der Waals surface area contributed by atoms with E-state index in [-0.39, 0.29) is 6.04 Å². The van der Waals surface area contributed by atoms with Crippen LogP contribution in [0.3, 0.4) is 0 Å². The summed E-state index contributed by atoms with van der Waals surface area (Å²) in [4.78, 5) is 11.8. The lowest BCUT2D eigenvalue weighted by Gasteiger charge is -2.31. The Kier molecular flexibility index (Phi) is 3.80. The van der Waals surface area contributed by atoms with E-state index in [1.54, 1.807) is 0 Å². The molecule has 1 amide bonds. The molecule has 104 valence electrons. The van der Waals surface area contributed by atoms with Crippen molar-refractivity contribution in [1.29, 1.82) is 0 Å². The molecule has 0 saturated heterocycles. The normalized spacial score (nSPS) is 22.5. The van der Waals surface area contributed by atoms with Gasteiger partial charge in [0.15, 0.2) is 0 Å². The van der Waals surface area contributed by atoms with Gasteiger partial charge in [0.05, 0.1) is 12.1 Å². The Labute approximate surface area is 113 Å². The summed E-state index contributed by atoms with van der Waals surface area (Å²) in [7, 11) is 0. The first-order valence-corrected chi connectivity index (χ1v) is 6.62. The molecule has 1 aromatic rings. The second-order valence-corrected chi connectivity index (χ2v) is 5.93. The summed E-state index contributed by atoms with van der Waals surface area (Å²) in [5.74, 6) is 0. The summed E-state index contributed by atoms with van der Waals surface area (Å²) >= 11 is 0. The van der Waals surface area contributed by atoms with Crippen molar-refractivity contribution in [1.82, 2.24) is 5.32 Å². The highest BCUT2D eigenvalue weighted by atomic mass is 16.6. The van der Waals surface area contributed by atoms with Crippen LogP contribution in [0, 0.1) is 0 Å². The molecular formula is C15H21NO3. The first-order valence-electron chi connectivity index (χ1n) is 6.62. The number of alkyl carbamates (subject to hydrolysis) is 1. The number of nitrogens with one attached hydrogen (secondary N) is 1. The third kappa shape index (κ3) is 3.47. The number of hydrogen-bond acceptors (Lipinski definition) is 3. The average molecular weight is 263 g/mol. The summed E-state index contributed by atoms with van der Waals surface area (Å²) in [5, 5.41) is 12.9. The summed E-state index contributed by atoms with van der Waals surface area (Å²) in [6, 6.07) is 7.48. The fraction of sp³-hybridized carbons (Fsp3) is 0.533. The number of benzene rings is 1. The van der Waals surface area contributed by atoms with E-state index in [1.165, 1.54) is 5.56 Å². The highest BCUT2D eigenvalue weighted by Crippen LogP contribution is 2.30. The molecule has 0 radical (unpaired) electrons. The number of carbonyl (C=O) groups is 1. The van der Waals surface area contributed by atoms with Crippen LogP contribution in [0.4, 0.5) is 4.79 Å². The van der Waals surface area contributed by atoms with Gasteiger partial charge in [0.2, 0.25) is 0 Å². The van der Waals surface area contributed by atoms with Crippen molar-refractivity contribution in [3.63, 3.8) is 0 Å². The molecule has 2 unspecified atom stereocenters. The van der Waals surface area contributed by atoms with Gasteiger partial charge in [-0.25, -0.2) is 4.79 Å². The molecule has 0 saturated carbocycles. The zero-order chi connectivity index (χ0) is 14.0. The Morgan fingerprint density at radius 2 is 2.05 bits per heavy atom. The number of aliphatic hydroxyl groups excluding tert-OH is 1. The maximum absolute atomic E-state index is 11.8. The van der Waals surface area contributed by atoms with E-state index in [1.807, 2.05) is 45.0 Å². The van der Waals surface area contributed by atoms with Crippen LogP contribution in [0.25, 0.3) is 0 Å². The van der Waals surface area contributed by atoms with Crippen LogP contribution in [-0.2, 0) is 11.2 Å². The number of fused-ring (bicyclic) bond motifs is 1. The lowest BCUT2D eigenvalue weighted by atomic mass is 9.86. The minimum Gasteiger partial charge on any atom is -0.444 e. The summed E-state index contributed by atoms with van der Waals surface area (Å²) < 4.78 is 5.24. The zero-order valence-electron chi connectivity index (χ0n) is 11.6. The molecule has 0 aromatic heterocycles. The molecular weight excluding hydrogens is 242 g/mol. The summed E-state index contributed by atoms with van der Waals surface area (Å²) in [6.07, 6.45) is 0.428. The number of hydrogen-bond donors (Lipinski definition) is 2. The first-order chi connectivity index (χ1) is 8.87. The minimum atomic E-state index is -0.567. The highest BCUT2D eigenvalue weighted by molar-refractivity contribution is 5.68. The predicted octanol–water partition coefficient (Wildman–Crippen LogP) is 2.56. The lowest BCUT2D eigenvalue weighted by molar-refractivity contribution is 0.0399. The number of aryl methyl sites for hydroxylation is 1. The van der Waals surface area contributed by atoms with Crippen molar-refractivity contribution in [2.45, 2.75) is 51.4 Å². The topological polar surface area (TPSA) is 58.6 Å². The Morgan fingerprint density at radius 1 is 1.37 bits per heavy atom. The van der Waals surface area contributed by atoms with Gasteiger partial charge in [0.25, 0.3) is 0 Å². The number of amides is 1. The Bertz CT molecular complexity index is 465. The van der Waals surface area contributed by atoms with E-state index in [4.69, 9.17) is 4.74 Å². The largest absolute Gasteiger partial charge is 0.444 e. The third-order valence-corrected chi connectivity index (χ3v) is 3.16. The molecule has 0 bridgehead atoms. The van der Waals surface area contributed by atoms with Crippen LogP contribution in [-0.4, -0.2) is 22.9 Å². The lowest BCUT2D eigenvalue weighted by Crippen LogP contribution is -2.41. The second-order valence-electron chi connectivity index (χ2n) is 5.93. The van der Waals surface area contributed by atoms with E-state index in [0.29, 0.717) is 6.42 Å². The zero-order valence-corrected chi connectivity index (χ0v) is 11.6. The molecule has 4 heteroatoms. The predicted molar refractivity (Wildman–Crippen MR) is 72.9 cm³/mol. The van der Waals surface area contributed by atoms with Crippen LogP contribution in [0.1, 0.15) is 44.4 Å². The van der Waals surface area contributed by atoms with E-state index < -0.39 is 17.8 Å². The molecule has 2 rings (SSSR count). The van der Waals surface area contributed by atoms with Crippen molar-refractivity contribution in [2.24, 2.45) is 0 Å². The molecule has 2 N–H and O–H groups in total. The SMILES string of the molecule is CC(C)(C)OC(=O)NC1c2ccccc2CCC1O. The van der Waals surface area contributed by atoms with Gasteiger partial charge in [-0.2, -0.15) is 0 Å². The number of aliphatic hydroxyl groups is 1. The van der Waals surface area contributed by atoms with Crippen molar-refractivity contribution >= 4 is 6.09 Å². The molecule has 0 spiro atoms. The average Bonchev–Trinajstić information content (AvgIpc) is 2.31. The van der Waals surface area contributed by atoms with Gasteiger partial charge >= 0.3 is 6.09 Å². The smallest absolute Gasteiger partial charge is 0.408 e. The second kappa shape index (κ2) is 5.21. The molecule has 1 aliphatic carbocycles. The van der Waals surface area contributed by atoms with Gasteiger partial charge in [-0.1, -0.05) is 24.3 Å². The van der Waals surface area contributed by atoms with Crippen LogP contribution >= 0.6 is 0 Å². The number of ether oxygens (including phenoxy) is 1. The fourth-order valence-electron chi connectivity index (χ4n) is 2.35. The molecule has 0 aliphatic heterocycles. The maximum atomic E-state index is 11.8. The van der Waals surface area contributed by atoms with Gasteiger partial charge in [0, 0.05) is 0 Å². The van der Waals surface area contributed by atoms with Gasteiger partial charge in [-0.3, -0.25) is 0 Å². The highest BCUT2D eigenvalue weighted by Gasteiger charge is 2.30. The summed E-state index contributed by atoms with van der Waals surface area (Å²) in [5.41, 5.74) is 1.62. The molecule has 0 heterocycles. The van der Waals surface area contributed by atoms with Crippen LogP contribution in [0.15, 0.2) is 24.3 Å². The van der Waals surface area contributed by atoms with Gasteiger partial charge in [-0.05, 0) is 44.7 Å². The van der Waals surface area contributed by atoms with Crippen LogP contribution < -0.4 is 5.32 Å². The van der Waals surface area contributed by atoms with E-state index >= 15 is 0 Å². The fourth-order valence-corrected chi connectivity index (χ4v) is 2.35. The van der Waals surface area contributed by atoms with Crippen molar-refractivity contribution in [3.8, 4) is 0 Å². The van der Waals surface area contributed by atoms with Crippen LogP contribution in [0.5, 0.6) is 0 Å². The summed E-state index contributed by atoms with van der Waals surface area (Å²) in [6.45, 7) is 5.45. The monoisotopic (exact) mass is 263 g/mol. The standard InChI is InChI=1S/C15H21NO3/c1-15(2,3)19-14(18)16-13-11-7-5-4-6-10(11)8-9-12(13)17/h4-7,12-13,17H,8-9H2,1-3H3,(H,16,18). The van der Waals surface area contributed by atoms with E-state index in [2.05, 4.69) is 5.32 Å². The minimum absolute atomic E-state index is 0.389. The van der Waals surface area contributed by atoms with Crippen molar-refractivity contribution in [3.05, 3.63) is 35.4 Å². The third-order valence-electron chi connectivity index (χ3n) is 3.16.